The molecule has 28 nitrogen and oxygen atoms in total. The Morgan fingerprint density at radius 3 is 1.80 bits per heavy atom. The number of aliphatic hydroxyl groups is 6. The van der Waals surface area contributed by atoms with E-state index in [0.29, 0.717) is 0 Å². The molecule has 6 amide bonds. The number of carbonyl (C=O) groups is 9. The molecule has 0 radical (unpaired) electrons. The highest BCUT2D eigenvalue weighted by Crippen LogP contribution is 2.27. The van der Waals surface area contributed by atoms with Gasteiger partial charge in [0.1, 0.15) is 79.0 Å². The minimum atomic E-state index is -1.98. The first-order valence-corrected chi connectivity index (χ1v) is 20.3. The number of nitrogens with one attached hydrogen (secondary N) is 6. The van der Waals surface area contributed by atoms with E-state index in [2.05, 4.69) is 31.9 Å². The summed E-state index contributed by atoms with van der Waals surface area (Å²) in [6.45, 7) is 2.57. The summed E-state index contributed by atoms with van der Waals surface area (Å²) in [5.74, 6) is -9.87. The lowest BCUT2D eigenvalue weighted by Crippen LogP contribution is -2.67. The number of hydrogen-bond acceptors (Lipinski definition) is 19. The Kier molecular flexibility index (Phi) is 24.9. The van der Waals surface area contributed by atoms with Crippen LogP contribution in [-0.4, -0.2) is 210 Å². The topological polar surface area (TPSA) is 462 Å². The molecular weight excluding hydrogens is 878 g/mol. The third-order valence-electron chi connectivity index (χ3n) is 9.88. The predicted octanol–water partition coefficient (Wildman–Crippen LogP) is -7.55. The maximum absolute atomic E-state index is 13.4. The highest BCUT2D eigenvalue weighted by Gasteiger charge is 2.49. The van der Waals surface area contributed by atoms with Gasteiger partial charge in [-0.1, -0.05) is 0 Å². The molecule has 65 heavy (non-hydrogen) atoms. The van der Waals surface area contributed by atoms with Gasteiger partial charge in [0.2, 0.25) is 35.4 Å². The monoisotopic (exact) mass is 941 g/mol. The van der Waals surface area contributed by atoms with Crippen molar-refractivity contribution in [2.75, 3.05) is 19.8 Å². The molecule has 1 saturated heterocycles. The lowest BCUT2D eigenvalue weighted by molar-refractivity contribution is -0.303. The zero-order valence-corrected chi connectivity index (χ0v) is 36.3. The van der Waals surface area contributed by atoms with Crippen LogP contribution in [0.4, 0.5) is 0 Å². The van der Waals surface area contributed by atoms with Crippen molar-refractivity contribution in [1.29, 1.82) is 0 Å². The van der Waals surface area contributed by atoms with E-state index >= 15 is 0 Å². The molecule has 28 heteroatoms. The molecule has 1 rings (SSSR count). The van der Waals surface area contributed by atoms with Crippen molar-refractivity contribution in [1.82, 2.24) is 31.9 Å². The second kappa shape index (κ2) is 28.0. The van der Waals surface area contributed by atoms with E-state index in [9.17, 15) is 78.9 Å². The normalized spacial score (nSPS) is 23.0. The molecule has 1 aliphatic heterocycles. The van der Waals surface area contributed by atoms with E-state index in [1.54, 1.807) is 0 Å². The molecule has 0 bridgehead atoms. The van der Waals surface area contributed by atoms with Crippen LogP contribution in [0.15, 0.2) is 0 Å². The Bertz CT molecular complexity index is 1640. The number of aliphatic hydroxyl groups excluding tert-OH is 6. The fourth-order valence-electron chi connectivity index (χ4n) is 6.23. The van der Waals surface area contributed by atoms with Gasteiger partial charge in [-0.05, 0) is 46.5 Å². The second-order valence-electron chi connectivity index (χ2n) is 15.2. The van der Waals surface area contributed by atoms with Crippen LogP contribution in [0.5, 0.6) is 0 Å². The zero-order valence-electron chi connectivity index (χ0n) is 36.3. The van der Waals surface area contributed by atoms with Crippen molar-refractivity contribution in [3.8, 4) is 0 Å². The second-order valence-corrected chi connectivity index (χ2v) is 15.2. The van der Waals surface area contributed by atoms with Crippen molar-refractivity contribution >= 4 is 53.4 Å². The van der Waals surface area contributed by atoms with Crippen molar-refractivity contribution < 1.29 is 103 Å². The maximum Gasteiger partial charge on any atom is 0.326 e. The van der Waals surface area contributed by atoms with Crippen molar-refractivity contribution in [3.05, 3.63) is 0 Å². The molecule has 0 spiro atoms. The van der Waals surface area contributed by atoms with Crippen LogP contribution in [0.3, 0.4) is 0 Å². The van der Waals surface area contributed by atoms with Crippen LogP contribution in [0.25, 0.3) is 0 Å². The number of nitrogens with two attached hydrogens (primary N) is 1. The Morgan fingerprint density at radius 1 is 0.677 bits per heavy atom. The zero-order chi connectivity index (χ0) is 49.9. The van der Waals surface area contributed by atoms with Crippen molar-refractivity contribution in [3.63, 3.8) is 0 Å². The summed E-state index contributed by atoms with van der Waals surface area (Å²) in [5, 5.41) is 104. The third-order valence-corrected chi connectivity index (χ3v) is 9.88. The standard InChI is InChI=1S/C37H63N7O21/c1-14(31(54)44-21(36(61)62)9-10-25(51)43-20(8-6-7-19(38)35(59)60)33(56)40-15(2)34(57)58)39-32(55)16(3)63-29(22(11-45)41-17(4)48)30(23(50)12-46)65-37-26(42-18(5)49)28(53)27(52)24(13-47)64-37/h14-16,19-24,26-30,37,45-47,50,52-53H,6-13,38H2,1-5H3,(H,39,55)(H,40,56)(H,41,48)(H,42,49)(H,43,51)(H,44,54)(H,57,58)(H,59,60)(H,61,62). The quantitative estimate of drug-likeness (QED) is 0.0331. The number of carboxylic acids is 3. The molecule has 0 aromatic rings. The molecule has 1 aliphatic rings. The molecular formula is C37H63N7O21. The number of carbonyl (C=O) groups excluding carboxylic acids is 6. The minimum Gasteiger partial charge on any atom is -0.480 e. The molecule has 1 heterocycles. The van der Waals surface area contributed by atoms with Gasteiger partial charge in [0.05, 0.1) is 25.9 Å². The van der Waals surface area contributed by atoms with Gasteiger partial charge >= 0.3 is 17.9 Å². The van der Waals surface area contributed by atoms with Gasteiger partial charge in [-0.25, -0.2) is 4.79 Å². The largest absolute Gasteiger partial charge is 0.480 e. The molecule has 0 saturated carbocycles. The maximum atomic E-state index is 13.4. The minimum absolute atomic E-state index is 0.00365. The molecule has 15 atom stereocenters. The van der Waals surface area contributed by atoms with E-state index in [-0.39, 0.29) is 19.3 Å². The van der Waals surface area contributed by atoms with Gasteiger partial charge in [0, 0.05) is 20.3 Å². The molecule has 15 unspecified atom stereocenters. The smallest absolute Gasteiger partial charge is 0.326 e. The number of aliphatic carboxylic acids is 3. The summed E-state index contributed by atoms with van der Waals surface area (Å²) in [4.78, 5) is 111. The fourth-order valence-corrected chi connectivity index (χ4v) is 6.23. The summed E-state index contributed by atoms with van der Waals surface area (Å²) in [5.41, 5.74) is 5.49. The molecule has 0 aliphatic carbocycles. The van der Waals surface area contributed by atoms with Gasteiger partial charge in [0.15, 0.2) is 6.29 Å². The van der Waals surface area contributed by atoms with Crippen LogP contribution in [0.2, 0.25) is 0 Å². The highest BCUT2D eigenvalue weighted by atomic mass is 16.7. The van der Waals surface area contributed by atoms with Crippen LogP contribution in [-0.2, 0) is 57.4 Å². The van der Waals surface area contributed by atoms with Gasteiger partial charge in [-0.2, -0.15) is 0 Å². The molecule has 372 valence electrons. The van der Waals surface area contributed by atoms with Crippen LogP contribution >= 0.6 is 0 Å². The summed E-state index contributed by atoms with van der Waals surface area (Å²) in [7, 11) is 0. The lowest BCUT2D eigenvalue weighted by Gasteiger charge is -2.45. The van der Waals surface area contributed by atoms with E-state index in [1.165, 1.54) is 0 Å². The van der Waals surface area contributed by atoms with Crippen LogP contribution in [0.1, 0.15) is 66.7 Å². The number of ether oxygens (including phenoxy) is 3. The predicted molar refractivity (Wildman–Crippen MR) is 215 cm³/mol. The van der Waals surface area contributed by atoms with Gasteiger partial charge in [-0.15, -0.1) is 0 Å². The summed E-state index contributed by atoms with van der Waals surface area (Å²) in [6, 6.07) is -10.5. The van der Waals surface area contributed by atoms with Crippen molar-refractivity contribution in [2.45, 2.75) is 158 Å². The first-order valence-electron chi connectivity index (χ1n) is 20.3. The average Bonchev–Trinajstić information content (AvgIpc) is 3.23. The summed E-state index contributed by atoms with van der Waals surface area (Å²) < 4.78 is 17.3. The molecule has 1 fully saturated rings. The Labute approximate surface area is 371 Å². The highest BCUT2D eigenvalue weighted by molar-refractivity contribution is 5.92. The van der Waals surface area contributed by atoms with Crippen LogP contribution < -0.4 is 37.6 Å². The molecule has 0 aromatic heterocycles. The van der Waals surface area contributed by atoms with E-state index < -0.39 is 177 Å². The molecule has 17 N–H and O–H groups in total. The summed E-state index contributed by atoms with van der Waals surface area (Å²) >= 11 is 0. The number of carboxylic acid groups (broad SMARTS) is 3. The molecule has 0 aromatic carbocycles. The number of rotatable bonds is 29. The number of amides is 6. The van der Waals surface area contributed by atoms with Gasteiger partial charge < -0.3 is 97.8 Å². The summed E-state index contributed by atoms with van der Waals surface area (Å²) in [6.07, 6.45) is -15.8. The Balaban J connectivity index is 3.21. The third kappa shape index (κ3) is 19.1. The van der Waals surface area contributed by atoms with Gasteiger partial charge in [0.25, 0.3) is 0 Å². The average molecular weight is 942 g/mol. The van der Waals surface area contributed by atoms with E-state index in [4.69, 9.17) is 30.2 Å². The lowest BCUT2D eigenvalue weighted by atomic mass is 9.96. The SMILES string of the molecule is CC(=O)NC(CO)C(OC(C)C(=O)NC(C)C(=O)NC(CCC(=O)NC(CCCC(N)C(=O)O)C(=O)NC(C)C(=O)O)C(=O)O)C(OC1OC(CO)C(O)C(O)C1NC(C)=O)C(O)CO. The Hall–Kier alpha value is -5.17. The first-order chi connectivity index (χ1) is 30.3. The number of hydrogen-bond donors (Lipinski definition) is 16. The van der Waals surface area contributed by atoms with E-state index in [1.807, 2.05) is 0 Å². The van der Waals surface area contributed by atoms with Crippen LogP contribution in [0, 0.1) is 0 Å². The van der Waals surface area contributed by atoms with Crippen molar-refractivity contribution in [2.24, 2.45) is 5.73 Å². The van der Waals surface area contributed by atoms with E-state index in [0.717, 1.165) is 34.6 Å². The Morgan fingerprint density at radius 2 is 1.29 bits per heavy atom. The van der Waals surface area contributed by atoms with Gasteiger partial charge in [-0.3, -0.25) is 38.4 Å². The fraction of sp³-hybridized carbons (Fsp3) is 0.757. The first kappa shape index (κ1) is 57.8.